The quantitative estimate of drug-likeness (QED) is 0.141. The maximum atomic E-state index is 7.51. The van der Waals surface area contributed by atoms with Crippen LogP contribution in [0.4, 0.5) is 45.5 Å². The molecule has 12 aromatic carbocycles. The van der Waals surface area contributed by atoms with Crippen LogP contribution in [0.1, 0.15) is 130 Å². The second kappa shape index (κ2) is 22.4. The summed E-state index contributed by atoms with van der Waals surface area (Å²) in [5, 5.41) is 3.57. The third kappa shape index (κ3) is 10.1. The molecule has 2 aliphatic heterocycles. The number of nitrogens with zero attached hydrogens (tertiary/aromatic N) is 3. The van der Waals surface area contributed by atoms with E-state index in [2.05, 4.69) is 366 Å². The monoisotopic (exact) mass is 1300 g/mol. The number of hydrogen-bond acceptors (Lipinski definition) is 5. The Kier molecular flexibility index (Phi) is 14.1. The van der Waals surface area contributed by atoms with Gasteiger partial charge in [0.15, 0.2) is 0 Å². The van der Waals surface area contributed by atoms with Gasteiger partial charge in [-0.15, -0.1) is 11.3 Å². The van der Waals surface area contributed by atoms with Crippen molar-refractivity contribution in [1.82, 2.24) is 0 Å². The molecular weight excluding hydrogens is 1220 g/mol. The molecule has 3 aliphatic rings. The van der Waals surface area contributed by atoms with Crippen molar-refractivity contribution in [1.29, 1.82) is 0 Å². The molecule has 6 heteroatoms. The number of benzene rings is 12. The molecule has 1 aliphatic carbocycles. The summed E-state index contributed by atoms with van der Waals surface area (Å²) in [5.41, 5.74) is 30.5. The number of fused-ring (bicyclic) bond motifs is 12. The van der Waals surface area contributed by atoms with Crippen LogP contribution in [-0.2, 0) is 27.1 Å². The van der Waals surface area contributed by atoms with E-state index >= 15 is 0 Å². The van der Waals surface area contributed by atoms with Crippen LogP contribution in [0.2, 0.25) is 0 Å². The minimum atomic E-state index is -0.411. The van der Waals surface area contributed by atoms with E-state index in [1.54, 1.807) is 0 Å². The van der Waals surface area contributed by atoms with Crippen molar-refractivity contribution in [2.75, 3.05) is 14.6 Å². The summed E-state index contributed by atoms with van der Waals surface area (Å²) >= 11 is 1.90. The van der Waals surface area contributed by atoms with Gasteiger partial charge in [-0.05, 0) is 185 Å². The molecule has 4 nitrogen and oxygen atoms in total. The molecule has 486 valence electrons. The van der Waals surface area contributed by atoms with Gasteiger partial charge in [0.25, 0.3) is 0 Å². The highest BCUT2D eigenvalue weighted by atomic mass is 32.1. The topological polar surface area (TPSA) is 22.9 Å². The summed E-state index contributed by atoms with van der Waals surface area (Å²) in [6.45, 7) is 32.4. The Morgan fingerprint density at radius 1 is 0.394 bits per heavy atom. The van der Waals surface area contributed by atoms with E-state index in [0.717, 1.165) is 67.5 Å². The molecule has 99 heavy (non-hydrogen) atoms. The first-order valence-electron chi connectivity index (χ1n) is 35.3. The highest BCUT2D eigenvalue weighted by molar-refractivity contribution is 7.26. The standard InChI is InChI=1S/C93H84BN3OS/c1-89(2,3)60-34-41-64(42-35-60)95(65-43-36-61(37-44-65)90(4,5)6)67-47-48-69-72-52-71-74-53-73-68-32-24-25-33-76(68)93(13,14)85(73)87-86(74)94(97(79(71)56-83(72)99-82(69)51-67)66-45-38-62(39-46-66)91(7,8)9)77-55-81-75(84(58-28-20-16-21-29-58)88(98-81)59-30-22-17-23-31-59)54-80(77)96(87)78-49-40-63(92(10,11)12)50-70(78)57-26-18-15-19-27-57/h15-56H,1-14H3. The van der Waals surface area contributed by atoms with Gasteiger partial charge in [0, 0.05) is 93.0 Å². The lowest BCUT2D eigenvalue weighted by Crippen LogP contribution is -2.62. The first-order chi connectivity index (χ1) is 47.4. The second-order valence-electron chi connectivity index (χ2n) is 32.6. The fourth-order valence-electron chi connectivity index (χ4n) is 16.3. The van der Waals surface area contributed by atoms with Gasteiger partial charge in [-0.2, -0.15) is 0 Å². The zero-order chi connectivity index (χ0) is 68.4. The molecule has 0 saturated heterocycles. The van der Waals surface area contributed by atoms with Crippen molar-refractivity contribution in [3.63, 3.8) is 0 Å². The molecule has 0 saturated carbocycles. The molecule has 2 aromatic heterocycles. The largest absolute Gasteiger partial charge is 0.455 e. The van der Waals surface area contributed by atoms with Crippen LogP contribution in [0.15, 0.2) is 259 Å². The van der Waals surface area contributed by atoms with Crippen LogP contribution in [0.3, 0.4) is 0 Å². The lowest BCUT2D eigenvalue weighted by molar-refractivity contribution is 0.590. The van der Waals surface area contributed by atoms with Crippen LogP contribution in [-0.4, -0.2) is 6.85 Å². The van der Waals surface area contributed by atoms with E-state index in [1.165, 1.54) is 109 Å². The first-order valence-corrected chi connectivity index (χ1v) is 36.1. The Hall–Kier alpha value is -10.1. The average Bonchev–Trinajstić information content (AvgIpc) is 1.65. The van der Waals surface area contributed by atoms with Gasteiger partial charge in [-0.3, -0.25) is 0 Å². The molecular formula is C93H84BN3OS. The van der Waals surface area contributed by atoms with Crippen molar-refractivity contribution in [3.05, 3.63) is 288 Å². The highest BCUT2D eigenvalue weighted by Crippen LogP contribution is 2.60. The van der Waals surface area contributed by atoms with E-state index in [0.29, 0.717) is 0 Å². The van der Waals surface area contributed by atoms with Gasteiger partial charge in [-0.25, -0.2) is 0 Å². The average molecular weight is 1300 g/mol. The van der Waals surface area contributed by atoms with E-state index in [4.69, 9.17) is 4.42 Å². The van der Waals surface area contributed by atoms with E-state index in [1.807, 2.05) is 11.3 Å². The summed E-state index contributed by atoms with van der Waals surface area (Å²) in [7, 11) is 0. The summed E-state index contributed by atoms with van der Waals surface area (Å²) in [6, 6.07) is 97.2. The Bertz CT molecular complexity index is 5480. The maximum Gasteiger partial charge on any atom is 0.333 e. The SMILES string of the molecule is CC(C)(C)c1ccc(N2B3c4cc5oc(-c6ccccc6)c(-c6ccccc6)c5cc4N(c4ccc(C(C)(C)C)cc4-c4ccccc4)c4c3c(cc3c4C(C)(C)c4ccccc4-3)-c3cc4c(cc32)sc2cc(N(c3ccc(C(C)(C)C)cc3)c3ccc(C(C)(C)C)cc3)ccc24)cc1. The summed E-state index contributed by atoms with van der Waals surface area (Å²) < 4.78 is 10.00. The minimum absolute atomic E-state index is 0.0252. The third-order valence-electron chi connectivity index (χ3n) is 21.6. The molecule has 0 bridgehead atoms. The van der Waals surface area contributed by atoms with E-state index < -0.39 is 5.41 Å². The number of furan rings is 1. The molecule has 0 fully saturated rings. The Morgan fingerprint density at radius 3 is 1.54 bits per heavy atom. The van der Waals surface area contributed by atoms with E-state index in [-0.39, 0.29) is 28.5 Å². The van der Waals surface area contributed by atoms with Gasteiger partial charge in [0.2, 0.25) is 0 Å². The van der Waals surface area contributed by atoms with Crippen molar-refractivity contribution < 1.29 is 4.42 Å². The number of hydrogen-bond donors (Lipinski definition) is 0. The number of rotatable bonds is 8. The third-order valence-corrected chi connectivity index (χ3v) is 22.8. The van der Waals surface area contributed by atoms with Crippen molar-refractivity contribution in [3.8, 4) is 55.8 Å². The van der Waals surface area contributed by atoms with Crippen molar-refractivity contribution in [2.24, 2.45) is 0 Å². The fourth-order valence-corrected chi connectivity index (χ4v) is 17.5. The van der Waals surface area contributed by atoms with Gasteiger partial charge in [0.05, 0.1) is 5.69 Å². The summed E-state index contributed by atoms with van der Waals surface area (Å²) in [5.74, 6) is 0.861. The lowest BCUT2D eigenvalue weighted by atomic mass is 9.42. The summed E-state index contributed by atoms with van der Waals surface area (Å²) in [4.78, 5) is 7.88. The zero-order valence-corrected chi connectivity index (χ0v) is 60.3. The van der Waals surface area contributed by atoms with Gasteiger partial charge >= 0.3 is 6.85 Å². The first kappa shape index (κ1) is 62.4. The van der Waals surface area contributed by atoms with Gasteiger partial charge < -0.3 is 19.0 Å². The van der Waals surface area contributed by atoms with Gasteiger partial charge in [0.1, 0.15) is 11.3 Å². The molecule has 0 amide bonds. The van der Waals surface area contributed by atoms with Crippen molar-refractivity contribution in [2.45, 2.75) is 124 Å². The summed E-state index contributed by atoms with van der Waals surface area (Å²) in [6.07, 6.45) is 0. The zero-order valence-electron chi connectivity index (χ0n) is 59.5. The fraction of sp³-hybridized carbons (Fsp3) is 0.204. The Morgan fingerprint density at radius 2 is 0.929 bits per heavy atom. The smallest absolute Gasteiger partial charge is 0.333 e. The predicted octanol–water partition coefficient (Wildman–Crippen LogP) is 25.5. The maximum absolute atomic E-state index is 7.51. The molecule has 0 atom stereocenters. The normalized spacial score (nSPS) is 14.0. The van der Waals surface area contributed by atoms with Crippen LogP contribution < -0.4 is 25.5 Å². The Labute approximate surface area is 589 Å². The highest BCUT2D eigenvalue weighted by Gasteiger charge is 2.51. The predicted molar refractivity (Wildman–Crippen MR) is 426 cm³/mol. The Balaban J connectivity index is 0.991. The van der Waals surface area contributed by atoms with Crippen LogP contribution >= 0.6 is 11.3 Å². The molecule has 17 rings (SSSR count). The minimum Gasteiger partial charge on any atom is -0.455 e. The number of anilines is 8. The van der Waals surface area contributed by atoms with Crippen LogP contribution in [0.5, 0.6) is 0 Å². The number of thiophene rings is 1. The van der Waals surface area contributed by atoms with E-state index in [9.17, 15) is 0 Å². The molecule has 0 unspecified atom stereocenters. The van der Waals surface area contributed by atoms with Crippen LogP contribution in [0.25, 0.3) is 87.0 Å². The van der Waals surface area contributed by atoms with Gasteiger partial charge in [-0.1, -0.05) is 261 Å². The lowest BCUT2D eigenvalue weighted by Gasteiger charge is -2.48. The van der Waals surface area contributed by atoms with Crippen molar-refractivity contribution >= 4 is 106 Å². The molecule has 0 radical (unpaired) electrons. The van der Waals surface area contributed by atoms with Crippen LogP contribution in [0, 0.1) is 0 Å². The molecule has 4 heterocycles. The molecule has 0 N–H and O–H groups in total. The molecule has 14 aromatic rings. The molecule has 0 spiro atoms. The second-order valence-corrected chi connectivity index (χ2v) is 33.6.